The molecule has 1 aliphatic rings. The van der Waals surface area contributed by atoms with Gasteiger partial charge in [0.1, 0.15) is 6.10 Å². The van der Waals surface area contributed by atoms with Crippen LogP contribution in [0.15, 0.2) is 41.4 Å². The molecule has 7 nitrogen and oxygen atoms in total. The normalized spacial score (nSPS) is 15.2. The second-order valence-electron chi connectivity index (χ2n) is 5.35. The predicted octanol–water partition coefficient (Wildman–Crippen LogP) is 1.55. The fourth-order valence-corrected chi connectivity index (χ4v) is 3.86. The van der Waals surface area contributed by atoms with Gasteiger partial charge in [0.25, 0.3) is 0 Å². The van der Waals surface area contributed by atoms with Crippen molar-refractivity contribution >= 4 is 10.0 Å². The second kappa shape index (κ2) is 6.66. The number of hydrogen-bond donors (Lipinski definition) is 0. The number of nitriles is 1. The summed E-state index contributed by atoms with van der Waals surface area (Å²) in [5.41, 5.74) is 0.405. The van der Waals surface area contributed by atoms with E-state index >= 15 is 0 Å². The molecule has 25 heavy (non-hydrogen) atoms. The third kappa shape index (κ3) is 3.40. The quantitative estimate of drug-likeness (QED) is 0.800. The molecule has 1 aliphatic heterocycles. The molecular formula is C16H14FN3O4S. The molecule has 2 heterocycles. The van der Waals surface area contributed by atoms with Crippen LogP contribution in [0.1, 0.15) is 5.56 Å². The molecule has 3 rings (SSSR count). The lowest BCUT2D eigenvalue weighted by atomic mass is 10.2. The Morgan fingerprint density at radius 3 is 2.72 bits per heavy atom. The number of nitrogens with zero attached hydrogens (tertiary/aromatic N) is 3. The zero-order valence-corrected chi connectivity index (χ0v) is 14.0. The number of hydrogen-bond acceptors (Lipinski definition) is 6. The highest BCUT2D eigenvalue weighted by Gasteiger charge is 2.38. The van der Waals surface area contributed by atoms with E-state index in [0.29, 0.717) is 5.56 Å². The first-order valence-electron chi connectivity index (χ1n) is 7.30. The number of halogens is 1. The van der Waals surface area contributed by atoms with E-state index in [1.54, 1.807) is 6.07 Å². The van der Waals surface area contributed by atoms with Crippen molar-refractivity contribution in [3.63, 3.8) is 0 Å². The van der Waals surface area contributed by atoms with Crippen LogP contribution in [0.2, 0.25) is 0 Å². The van der Waals surface area contributed by atoms with Crippen LogP contribution in [0.3, 0.4) is 0 Å². The zero-order valence-electron chi connectivity index (χ0n) is 13.2. The van der Waals surface area contributed by atoms with E-state index in [9.17, 15) is 12.8 Å². The standard InChI is InChI=1S/C16H14FN3O4S/c1-23-15-3-2-13(7-14(15)17)25(21,22)20-9-12(10-20)24-16-6-11(8-18)4-5-19-16/h2-7,12H,9-10H2,1H3. The number of sulfonamides is 1. The first-order chi connectivity index (χ1) is 11.9. The highest BCUT2D eigenvalue weighted by atomic mass is 32.2. The first kappa shape index (κ1) is 17.1. The molecule has 1 saturated heterocycles. The summed E-state index contributed by atoms with van der Waals surface area (Å²) in [6, 6.07) is 8.50. The highest BCUT2D eigenvalue weighted by molar-refractivity contribution is 7.89. The van der Waals surface area contributed by atoms with Crippen LogP contribution in [0, 0.1) is 17.1 Å². The molecule has 0 amide bonds. The largest absolute Gasteiger partial charge is 0.494 e. The van der Waals surface area contributed by atoms with Gasteiger partial charge >= 0.3 is 0 Å². The van der Waals surface area contributed by atoms with Crippen molar-refractivity contribution < 1.29 is 22.3 Å². The monoisotopic (exact) mass is 363 g/mol. The zero-order chi connectivity index (χ0) is 18.0. The van der Waals surface area contributed by atoms with Gasteiger partial charge in [0.15, 0.2) is 11.6 Å². The van der Waals surface area contributed by atoms with Crippen molar-refractivity contribution in [2.75, 3.05) is 20.2 Å². The Bertz CT molecular complexity index is 937. The minimum absolute atomic E-state index is 0.0211. The van der Waals surface area contributed by atoms with Crippen molar-refractivity contribution in [1.82, 2.24) is 9.29 Å². The third-order valence-electron chi connectivity index (χ3n) is 3.73. The molecule has 0 atom stereocenters. The summed E-state index contributed by atoms with van der Waals surface area (Å²) in [6.45, 7) is 0.239. The molecule has 0 aliphatic carbocycles. The maximum Gasteiger partial charge on any atom is 0.243 e. The third-order valence-corrected chi connectivity index (χ3v) is 5.55. The highest BCUT2D eigenvalue weighted by Crippen LogP contribution is 2.27. The fourth-order valence-electron chi connectivity index (χ4n) is 2.34. The molecule has 130 valence electrons. The minimum atomic E-state index is -3.80. The summed E-state index contributed by atoms with van der Waals surface area (Å²) >= 11 is 0. The van der Waals surface area contributed by atoms with Gasteiger partial charge in [-0.15, -0.1) is 0 Å². The van der Waals surface area contributed by atoms with E-state index in [0.717, 1.165) is 6.07 Å². The van der Waals surface area contributed by atoms with Gasteiger partial charge in [-0.25, -0.2) is 17.8 Å². The van der Waals surface area contributed by atoms with Crippen LogP contribution in [0.25, 0.3) is 0 Å². The van der Waals surface area contributed by atoms with Gasteiger partial charge in [0.05, 0.1) is 36.7 Å². The van der Waals surface area contributed by atoms with Gasteiger partial charge < -0.3 is 9.47 Å². The number of pyridine rings is 1. The molecule has 9 heteroatoms. The average Bonchev–Trinajstić information content (AvgIpc) is 2.57. The van der Waals surface area contributed by atoms with Gasteiger partial charge in [-0.1, -0.05) is 0 Å². The Balaban J connectivity index is 1.67. The van der Waals surface area contributed by atoms with Crippen LogP contribution in [-0.4, -0.2) is 44.0 Å². The molecule has 0 N–H and O–H groups in total. The van der Waals surface area contributed by atoms with Crippen molar-refractivity contribution in [3.05, 3.63) is 47.9 Å². The van der Waals surface area contributed by atoms with Crippen LogP contribution in [0.4, 0.5) is 4.39 Å². The molecule has 0 spiro atoms. The van der Waals surface area contributed by atoms with E-state index < -0.39 is 15.8 Å². The molecular weight excluding hydrogens is 349 g/mol. The van der Waals surface area contributed by atoms with Gasteiger partial charge in [-0.2, -0.15) is 9.57 Å². The predicted molar refractivity (Wildman–Crippen MR) is 85.1 cm³/mol. The Morgan fingerprint density at radius 1 is 1.32 bits per heavy atom. The maximum atomic E-state index is 13.7. The summed E-state index contributed by atoms with van der Waals surface area (Å²) in [6.07, 6.45) is 1.07. The summed E-state index contributed by atoms with van der Waals surface area (Å²) in [5, 5.41) is 8.84. The van der Waals surface area contributed by atoms with E-state index in [1.165, 1.54) is 35.8 Å². The Morgan fingerprint density at radius 2 is 2.08 bits per heavy atom. The first-order valence-corrected chi connectivity index (χ1v) is 8.74. The molecule has 1 aromatic carbocycles. The van der Waals surface area contributed by atoms with E-state index in [4.69, 9.17) is 14.7 Å². The number of benzene rings is 1. The topological polar surface area (TPSA) is 92.5 Å². The van der Waals surface area contributed by atoms with Crippen molar-refractivity contribution in [2.45, 2.75) is 11.0 Å². The van der Waals surface area contributed by atoms with Crippen LogP contribution < -0.4 is 9.47 Å². The van der Waals surface area contributed by atoms with Gasteiger partial charge in [-0.05, 0) is 24.3 Å². The molecule has 0 bridgehead atoms. The Labute approximate surface area is 144 Å². The second-order valence-corrected chi connectivity index (χ2v) is 7.29. The van der Waals surface area contributed by atoms with Crippen molar-refractivity contribution in [3.8, 4) is 17.7 Å². The lowest BCUT2D eigenvalue weighted by molar-refractivity contribution is 0.0720. The SMILES string of the molecule is COc1ccc(S(=O)(=O)N2CC(Oc3cc(C#N)ccn3)C2)cc1F. The smallest absolute Gasteiger partial charge is 0.243 e. The van der Waals surface area contributed by atoms with Crippen molar-refractivity contribution in [1.29, 1.82) is 5.26 Å². The fraction of sp³-hybridized carbons (Fsp3) is 0.250. The van der Waals surface area contributed by atoms with Gasteiger partial charge in [0.2, 0.25) is 15.9 Å². The van der Waals surface area contributed by atoms with Crippen LogP contribution >= 0.6 is 0 Å². The molecule has 1 aromatic heterocycles. The molecule has 0 radical (unpaired) electrons. The molecule has 0 saturated carbocycles. The Kier molecular flexibility index (Phi) is 4.57. The number of rotatable bonds is 5. The number of ether oxygens (including phenoxy) is 2. The van der Waals surface area contributed by atoms with Gasteiger partial charge in [-0.3, -0.25) is 0 Å². The van der Waals surface area contributed by atoms with Crippen LogP contribution in [0.5, 0.6) is 11.6 Å². The van der Waals surface area contributed by atoms with Crippen molar-refractivity contribution in [2.24, 2.45) is 0 Å². The van der Waals surface area contributed by atoms with Gasteiger partial charge in [0, 0.05) is 12.3 Å². The summed E-state index contributed by atoms with van der Waals surface area (Å²) < 4.78 is 50.2. The van der Waals surface area contributed by atoms with E-state index in [2.05, 4.69) is 4.98 Å². The molecule has 2 aromatic rings. The number of methoxy groups -OCH3 is 1. The minimum Gasteiger partial charge on any atom is -0.494 e. The number of aromatic nitrogens is 1. The maximum absolute atomic E-state index is 13.7. The lowest BCUT2D eigenvalue weighted by Crippen LogP contribution is -2.56. The van der Waals surface area contributed by atoms with E-state index in [1.807, 2.05) is 6.07 Å². The van der Waals surface area contributed by atoms with Crippen LogP contribution in [-0.2, 0) is 10.0 Å². The lowest BCUT2D eigenvalue weighted by Gasteiger charge is -2.37. The molecule has 0 unspecified atom stereocenters. The average molecular weight is 363 g/mol. The summed E-state index contributed by atoms with van der Waals surface area (Å²) in [5.74, 6) is -0.502. The molecule has 1 fully saturated rings. The Hall–Kier alpha value is -2.70. The summed E-state index contributed by atoms with van der Waals surface area (Å²) in [4.78, 5) is 3.84. The van der Waals surface area contributed by atoms with E-state index in [-0.39, 0.29) is 35.7 Å². The summed E-state index contributed by atoms with van der Waals surface area (Å²) in [7, 11) is -2.50.